The van der Waals surface area contributed by atoms with E-state index in [1.54, 1.807) is 0 Å². The van der Waals surface area contributed by atoms with Gasteiger partial charge in [-0.3, -0.25) is 0 Å². The van der Waals surface area contributed by atoms with E-state index in [1.807, 2.05) is 0 Å². The van der Waals surface area contributed by atoms with Crippen LogP contribution in [0.15, 0.2) is 0 Å². The molecule has 0 atom stereocenters. The molecule has 0 amide bonds. The van der Waals surface area contributed by atoms with Gasteiger partial charge < -0.3 is 4.74 Å². The molecule has 1 nitrogen and oxygen atoms in total. The van der Waals surface area contributed by atoms with Gasteiger partial charge in [0, 0.05) is 11.8 Å². The summed E-state index contributed by atoms with van der Waals surface area (Å²) in [5, 5.41) is 0.773. The van der Waals surface area contributed by atoms with Crippen LogP contribution in [0, 0.1) is 5.41 Å². The Hall–Kier alpha value is -0.110. The molecule has 0 bridgehead atoms. The van der Waals surface area contributed by atoms with Gasteiger partial charge >= 0.3 is 0 Å². The second kappa shape index (κ2) is 1.69. The number of hydrogen-bond acceptors (Lipinski definition) is 2. The lowest BCUT2D eigenvalue weighted by molar-refractivity contribution is 0.244. The van der Waals surface area contributed by atoms with Crippen LogP contribution >= 0.6 is 12.2 Å². The monoisotopic (exact) mass is 130 g/mol. The summed E-state index contributed by atoms with van der Waals surface area (Å²) >= 11 is 4.85. The second-order valence-electron chi connectivity index (χ2n) is 3.00. The largest absolute Gasteiger partial charge is 0.486 e. The van der Waals surface area contributed by atoms with Gasteiger partial charge in [-0.05, 0) is 12.2 Å². The zero-order valence-electron chi connectivity index (χ0n) is 5.23. The van der Waals surface area contributed by atoms with Crippen LogP contribution in [-0.2, 0) is 4.74 Å². The Balaban J connectivity index is 2.56. The van der Waals surface area contributed by atoms with E-state index in [2.05, 4.69) is 13.8 Å². The summed E-state index contributed by atoms with van der Waals surface area (Å²) in [7, 11) is 0. The smallest absolute Gasteiger partial charge is 0.160 e. The molecule has 0 saturated carbocycles. The van der Waals surface area contributed by atoms with Crippen molar-refractivity contribution in [3.63, 3.8) is 0 Å². The van der Waals surface area contributed by atoms with Crippen molar-refractivity contribution in [1.29, 1.82) is 0 Å². The van der Waals surface area contributed by atoms with Crippen LogP contribution in [0.1, 0.15) is 20.3 Å². The highest BCUT2D eigenvalue weighted by molar-refractivity contribution is 7.80. The van der Waals surface area contributed by atoms with Crippen molar-refractivity contribution >= 4 is 17.3 Å². The lowest BCUT2D eigenvalue weighted by atomic mass is 9.93. The first-order valence-corrected chi connectivity index (χ1v) is 3.17. The van der Waals surface area contributed by atoms with E-state index < -0.39 is 0 Å². The SMILES string of the molecule is CC1(C)COC(=S)C1. The summed E-state index contributed by atoms with van der Waals surface area (Å²) in [6.45, 7) is 5.12. The van der Waals surface area contributed by atoms with Crippen molar-refractivity contribution in [3.8, 4) is 0 Å². The molecule has 1 aliphatic rings. The van der Waals surface area contributed by atoms with Crippen molar-refractivity contribution in [1.82, 2.24) is 0 Å². The normalized spacial score (nSPS) is 25.5. The Labute approximate surface area is 55.0 Å². The van der Waals surface area contributed by atoms with Gasteiger partial charge in [-0.25, -0.2) is 0 Å². The molecule has 46 valence electrons. The molecule has 0 N–H and O–H groups in total. The molecular weight excluding hydrogens is 120 g/mol. The third-order valence-electron chi connectivity index (χ3n) is 1.25. The lowest BCUT2D eigenvalue weighted by Crippen LogP contribution is -2.08. The quantitative estimate of drug-likeness (QED) is 0.462. The van der Waals surface area contributed by atoms with Crippen LogP contribution in [0.5, 0.6) is 0 Å². The van der Waals surface area contributed by atoms with E-state index in [-0.39, 0.29) is 0 Å². The van der Waals surface area contributed by atoms with Gasteiger partial charge in [-0.1, -0.05) is 13.8 Å². The number of rotatable bonds is 0. The van der Waals surface area contributed by atoms with Crippen LogP contribution in [0.25, 0.3) is 0 Å². The first-order chi connectivity index (χ1) is 3.60. The van der Waals surface area contributed by atoms with Crippen molar-refractivity contribution in [2.24, 2.45) is 5.41 Å². The molecular formula is C6H10OS. The third-order valence-corrected chi connectivity index (χ3v) is 1.51. The molecule has 0 unspecified atom stereocenters. The van der Waals surface area contributed by atoms with E-state index in [4.69, 9.17) is 17.0 Å². The van der Waals surface area contributed by atoms with Gasteiger partial charge in [-0.2, -0.15) is 0 Å². The molecule has 1 aliphatic heterocycles. The van der Waals surface area contributed by atoms with E-state index in [0.29, 0.717) is 5.41 Å². The van der Waals surface area contributed by atoms with E-state index in [0.717, 1.165) is 18.1 Å². The molecule has 1 heterocycles. The zero-order chi connectivity index (χ0) is 6.20. The number of thiocarbonyl (C=S) groups is 1. The van der Waals surface area contributed by atoms with Gasteiger partial charge in [0.25, 0.3) is 0 Å². The minimum atomic E-state index is 0.303. The van der Waals surface area contributed by atoms with Crippen molar-refractivity contribution < 1.29 is 4.74 Å². The van der Waals surface area contributed by atoms with Crippen LogP contribution in [-0.4, -0.2) is 11.7 Å². The van der Waals surface area contributed by atoms with Gasteiger partial charge in [0.05, 0.1) is 6.61 Å². The van der Waals surface area contributed by atoms with Gasteiger partial charge in [0.1, 0.15) is 0 Å². The minimum Gasteiger partial charge on any atom is -0.486 e. The molecule has 0 radical (unpaired) electrons. The zero-order valence-corrected chi connectivity index (χ0v) is 6.05. The molecule has 0 aromatic carbocycles. The van der Waals surface area contributed by atoms with Gasteiger partial charge in [0.15, 0.2) is 5.05 Å². The molecule has 1 rings (SSSR count). The van der Waals surface area contributed by atoms with E-state index >= 15 is 0 Å². The van der Waals surface area contributed by atoms with Gasteiger partial charge in [0.2, 0.25) is 0 Å². The predicted octanol–water partition coefficient (Wildman–Crippen LogP) is 1.76. The fourth-order valence-corrected chi connectivity index (χ4v) is 1.22. The first kappa shape index (κ1) is 6.02. The average Bonchev–Trinajstić information content (AvgIpc) is 1.82. The summed E-state index contributed by atoms with van der Waals surface area (Å²) in [5.41, 5.74) is 0.303. The summed E-state index contributed by atoms with van der Waals surface area (Å²) in [5.74, 6) is 0. The lowest BCUT2D eigenvalue weighted by Gasteiger charge is -2.09. The fourth-order valence-electron chi connectivity index (χ4n) is 0.769. The molecule has 1 saturated heterocycles. The van der Waals surface area contributed by atoms with E-state index in [1.165, 1.54) is 0 Å². The van der Waals surface area contributed by atoms with Crippen molar-refractivity contribution in [2.45, 2.75) is 20.3 Å². The summed E-state index contributed by atoms with van der Waals surface area (Å²) in [6, 6.07) is 0. The van der Waals surface area contributed by atoms with Crippen molar-refractivity contribution in [2.75, 3.05) is 6.61 Å². The second-order valence-corrected chi connectivity index (χ2v) is 3.46. The standard InChI is InChI=1S/C6H10OS/c1-6(2)3-5(8)7-4-6/h3-4H2,1-2H3. The van der Waals surface area contributed by atoms with Crippen molar-refractivity contribution in [3.05, 3.63) is 0 Å². The maximum absolute atomic E-state index is 5.10. The Morgan fingerprint density at radius 3 is 2.38 bits per heavy atom. The first-order valence-electron chi connectivity index (χ1n) is 2.76. The van der Waals surface area contributed by atoms with Crippen LogP contribution in [0.4, 0.5) is 0 Å². The number of hydrogen-bond donors (Lipinski definition) is 0. The minimum absolute atomic E-state index is 0.303. The van der Waals surface area contributed by atoms with E-state index in [9.17, 15) is 0 Å². The maximum atomic E-state index is 5.10. The molecule has 0 aliphatic carbocycles. The molecule has 0 aromatic heterocycles. The molecule has 2 heteroatoms. The predicted molar refractivity (Wildman–Crippen MR) is 36.9 cm³/mol. The Morgan fingerprint density at radius 1 is 1.62 bits per heavy atom. The molecule has 8 heavy (non-hydrogen) atoms. The summed E-state index contributed by atoms with van der Waals surface area (Å²) in [4.78, 5) is 0. The average molecular weight is 130 g/mol. The highest BCUT2D eigenvalue weighted by Crippen LogP contribution is 2.27. The summed E-state index contributed by atoms with van der Waals surface area (Å²) in [6.07, 6.45) is 0.947. The highest BCUT2D eigenvalue weighted by Gasteiger charge is 2.28. The molecule has 0 aromatic rings. The Morgan fingerprint density at radius 2 is 2.25 bits per heavy atom. The Bertz CT molecular complexity index is 118. The van der Waals surface area contributed by atoms with Crippen LogP contribution < -0.4 is 0 Å². The van der Waals surface area contributed by atoms with Crippen LogP contribution in [0.3, 0.4) is 0 Å². The Kier molecular flexibility index (Phi) is 1.27. The fraction of sp³-hybridized carbons (Fsp3) is 0.833. The topological polar surface area (TPSA) is 9.23 Å². The van der Waals surface area contributed by atoms with Gasteiger partial charge in [-0.15, -0.1) is 0 Å². The molecule has 1 fully saturated rings. The maximum Gasteiger partial charge on any atom is 0.160 e. The highest BCUT2D eigenvalue weighted by atomic mass is 32.1. The molecule has 0 spiro atoms. The summed E-state index contributed by atoms with van der Waals surface area (Å²) < 4.78 is 5.10. The number of ether oxygens (including phenoxy) is 1. The third kappa shape index (κ3) is 1.19. The van der Waals surface area contributed by atoms with Crippen LogP contribution in [0.2, 0.25) is 0 Å².